The van der Waals surface area contributed by atoms with Gasteiger partial charge in [-0.15, -0.1) is 0 Å². The SMILES string of the molecule is C[C@H]1[C@@H](CC(CC2O[C@@H]3O[C@@]4(C)CCC5[C@H](C)CC[C@@H]([C@H]2C)[C@]53OO4)C(=O)NN)O[C@@H]2O[C@@]3(C)CCC4[C@H](C)CC[C@@H]1[C@]42OO3. The second kappa shape index (κ2) is 10.8. The summed E-state index contributed by atoms with van der Waals surface area (Å²) in [7, 11) is 0. The molecule has 8 heterocycles. The molecule has 0 aromatic heterocycles. The highest BCUT2D eigenvalue weighted by molar-refractivity contribution is 5.78. The third kappa shape index (κ3) is 4.51. The van der Waals surface area contributed by atoms with Crippen molar-refractivity contribution in [1.29, 1.82) is 0 Å². The minimum atomic E-state index is -0.839. The second-order valence-electron chi connectivity index (χ2n) is 16.6. The molecule has 8 aliphatic heterocycles. The van der Waals surface area contributed by atoms with Gasteiger partial charge in [-0.2, -0.15) is 0 Å². The van der Waals surface area contributed by atoms with E-state index in [1.54, 1.807) is 0 Å². The number of rotatable bonds is 5. The van der Waals surface area contributed by atoms with Crippen LogP contribution in [-0.4, -0.2) is 53.5 Å². The van der Waals surface area contributed by atoms with E-state index in [9.17, 15) is 4.79 Å². The Morgan fingerprint density at radius 1 is 0.689 bits per heavy atom. The zero-order valence-electron chi connectivity index (χ0n) is 27.8. The molecule has 1 amide bonds. The standard InChI is InChI=1S/C34H54N2O9/c1-17-7-9-24-19(3)26(38-29-33(24)22(17)11-13-31(5,40-29)42-44-33)15-21(28(37)36-35)16-27-20(4)25-10-8-18(2)23-12-14-32(6)41-30(39-27)34(23,25)45-43-32/h17-27,29-30H,7-16,35H2,1-6H3,(H,36,37)/t17-,18-,19-,20-,21?,22?,23?,24+,25+,26-,27?,29-,30-,31-,32-,33-,34-/m1/s1. The van der Waals surface area contributed by atoms with Gasteiger partial charge in [0.1, 0.15) is 0 Å². The number of fused-ring (bicyclic) bond motifs is 4. The average molecular weight is 635 g/mol. The molecule has 0 aromatic rings. The highest BCUT2D eigenvalue weighted by atomic mass is 17.3. The van der Waals surface area contributed by atoms with Crippen LogP contribution in [-0.2, 0) is 43.3 Å². The molecule has 17 atom stereocenters. The molecule has 10 fully saturated rings. The monoisotopic (exact) mass is 634 g/mol. The average Bonchev–Trinajstić information content (AvgIpc) is 3.39. The zero-order valence-corrected chi connectivity index (χ0v) is 27.8. The van der Waals surface area contributed by atoms with Crippen LogP contribution in [0.15, 0.2) is 0 Å². The van der Waals surface area contributed by atoms with E-state index in [2.05, 4.69) is 33.1 Å². The Bertz CT molecular complexity index is 1100. The molecule has 2 saturated carbocycles. The van der Waals surface area contributed by atoms with Gasteiger partial charge in [0.15, 0.2) is 23.8 Å². The van der Waals surface area contributed by atoms with Crippen LogP contribution in [0, 0.1) is 53.3 Å². The fourth-order valence-corrected chi connectivity index (χ4v) is 11.5. The smallest absolute Gasteiger partial charge is 0.237 e. The highest BCUT2D eigenvalue weighted by Gasteiger charge is 2.71. The Kier molecular flexibility index (Phi) is 7.54. The first-order valence-corrected chi connectivity index (χ1v) is 17.8. The van der Waals surface area contributed by atoms with Crippen LogP contribution in [0.3, 0.4) is 0 Å². The summed E-state index contributed by atoms with van der Waals surface area (Å²) in [5, 5.41) is 0. The highest BCUT2D eigenvalue weighted by Crippen LogP contribution is 2.63. The molecular weight excluding hydrogens is 580 g/mol. The summed E-state index contributed by atoms with van der Waals surface area (Å²) in [6.45, 7) is 13.0. The topological polar surface area (TPSA) is 129 Å². The van der Waals surface area contributed by atoms with Crippen LogP contribution in [0.5, 0.6) is 0 Å². The number of nitrogens with two attached hydrogens (primary N) is 1. The number of nitrogens with one attached hydrogen (secondary N) is 1. The minimum absolute atomic E-state index is 0.138. The molecule has 2 spiro atoms. The van der Waals surface area contributed by atoms with E-state index in [1.165, 1.54) is 0 Å². The first-order valence-electron chi connectivity index (χ1n) is 17.8. The lowest BCUT2D eigenvalue weighted by Gasteiger charge is -2.61. The third-order valence-electron chi connectivity index (χ3n) is 14.1. The van der Waals surface area contributed by atoms with E-state index in [0.29, 0.717) is 36.5 Å². The number of hydrogen-bond acceptors (Lipinski definition) is 10. The second-order valence-corrected chi connectivity index (χ2v) is 16.6. The van der Waals surface area contributed by atoms with Crippen molar-refractivity contribution in [2.45, 2.75) is 153 Å². The fourth-order valence-electron chi connectivity index (χ4n) is 11.5. The molecule has 45 heavy (non-hydrogen) atoms. The van der Waals surface area contributed by atoms with Gasteiger partial charge in [-0.05, 0) is 101 Å². The van der Waals surface area contributed by atoms with Crippen molar-refractivity contribution in [3.05, 3.63) is 0 Å². The first-order chi connectivity index (χ1) is 21.4. The Balaban J connectivity index is 1.05. The van der Waals surface area contributed by atoms with Crippen LogP contribution < -0.4 is 11.3 Å². The summed E-state index contributed by atoms with van der Waals surface area (Å²) in [4.78, 5) is 38.2. The lowest BCUT2D eigenvalue weighted by Crippen LogP contribution is -2.70. The van der Waals surface area contributed by atoms with Gasteiger partial charge in [0.25, 0.3) is 0 Å². The van der Waals surface area contributed by atoms with Gasteiger partial charge in [0.2, 0.25) is 17.5 Å². The molecule has 10 rings (SSSR count). The van der Waals surface area contributed by atoms with Crippen LogP contribution >= 0.6 is 0 Å². The maximum absolute atomic E-state index is 13.5. The quantitative estimate of drug-likeness (QED) is 0.187. The molecule has 2 aliphatic carbocycles. The number of ether oxygens (including phenoxy) is 4. The molecule has 11 heteroatoms. The van der Waals surface area contributed by atoms with Gasteiger partial charge in [-0.1, -0.05) is 27.7 Å². The maximum atomic E-state index is 13.5. The molecule has 11 nitrogen and oxygen atoms in total. The van der Waals surface area contributed by atoms with Gasteiger partial charge in [-0.25, -0.2) is 25.4 Å². The van der Waals surface area contributed by atoms with Gasteiger partial charge in [0, 0.05) is 30.6 Å². The number of amides is 1. The molecule has 0 aromatic carbocycles. The summed E-state index contributed by atoms with van der Waals surface area (Å²) in [6.07, 6.45) is 7.32. The summed E-state index contributed by atoms with van der Waals surface area (Å²) >= 11 is 0. The predicted molar refractivity (Wildman–Crippen MR) is 159 cm³/mol. The van der Waals surface area contributed by atoms with E-state index >= 15 is 0 Å². The fraction of sp³-hybridized carbons (Fsp3) is 0.971. The largest absolute Gasteiger partial charge is 0.346 e. The first kappa shape index (κ1) is 31.4. The van der Waals surface area contributed by atoms with E-state index in [-0.39, 0.29) is 41.8 Å². The van der Waals surface area contributed by atoms with Gasteiger partial charge in [0.05, 0.1) is 12.2 Å². The van der Waals surface area contributed by atoms with Crippen molar-refractivity contribution >= 4 is 5.91 Å². The molecule has 3 N–H and O–H groups in total. The Morgan fingerprint density at radius 2 is 1.13 bits per heavy atom. The predicted octanol–water partition coefficient (Wildman–Crippen LogP) is 4.87. The number of carbonyl (C=O) groups excluding carboxylic acids is 1. The summed E-state index contributed by atoms with van der Waals surface area (Å²) in [5.74, 6) is 5.79. The normalized spacial score (nSPS) is 57.2. The van der Waals surface area contributed by atoms with Gasteiger partial charge < -0.3 is 18.9 Å². The van der Waals surface area contributed by atoms with Crippen LogP contribution in [0.1, 0.15) is 106 Å². The molecular formula is C34H54N2O9. The third-order valence-corrected chi connectivity index (χ3v) is 14.1. The Hall–Kier alpha value is -0.890. The number of hydrogen-bond donors (Lipinski definition) is 2. The molecule has 4 unspecified atom stereocenters. The summed E-state index contributed by atoms with van der Waals surface area (Å²) in [5.41, 5.74) is 1.20. The van der Waals surface area contributed by atoms with Gasteiger partial charge >= 0.3 is 0 Å². The Labute approximate surface area is 267 Å². The van der Waals surface area contributed by atoms with Crippen LogP contribution in [0.4, 0.5) is 0 Å². The molecule has 8 saturated heterocycles. The lowest BCUT2D eigenvalue weighted by atomic mass is 9.56. The summed E-state index contributed by atoms with van der Waals surface area (Å²) in [6, 6.07) is 0. The van der Waals surface area contributed by atoms with E-state index < -0.39 is 41.3 Å². The van der Waals surface area contributed by atoms with E-state index in [0.717, 1.165) is 51.4 Å². The van der Waals surface area contributed by atoms with E-state index in [1.807, 2.05) is 13.8 Å². The van der Waals surface area contributed by atoms with Crippen molar-refractivity contribution in [1.82, 2.24) is 5.43 Å². The molecule has 254 valence electrons. The number of hydrazine groups is 1. The van der Waals surface area contributed by atoms with Crippen molar-refractivity contribution in [3.8, 4) is 0 Å². The van der Waals surface area contributed by atoms with Crippen LogP contribution in [0.2, 0.25) is 0 Å². The van der Waals surface area contributed by atoms with Crippen molar-refractivity contribution in [2.75, 3.05) is 0 Å². The summed E-state index contributed by atoms with van der Waals surface area (Å²) < 4.78 is 26.9. The van der Waals surface area contributed by atoms with Crippen LogP contribution in [0.25, 0.3) is 0 Å². The molecule has 0 radical (unpaired) electrons. The van der Waals surface area contributed by atoms with Crippen molar-refractivity contribution in [2.24, 2.45) is 59.1 Å². The lowest BCUT2D eigenvalue weighted by molar-refractivity contribution is -0.571. The zero-order chi connectivity index (χ0) is 31.5. The van der Waals surface area contributed by atoms with E-state index in [4.69, 9.17) is 44.3 Å². The number of carbonyl (C=O) groups is 1. The molecule has 4 bridgehead atoms. The van der Waals surface area contributed by atoms with Crippen molar-refractivity contribution < 1.29 is 43.3 Å². The van der Waals surface area contributed by atoms with Gasteiger partial charge in [-0.3, -0.25) is 10.2 Å². The molecule has 10 aliphatic rings. The maximum Gasteiger partial charge on any atom is 0.237 e. The Morgan fingerprint density at radius 3 is 1.56 bits per heavy atom. The van der Waals surface area contributed by atoms with Crippen molar-refractivity contribution in [3.63, 3.8) is 0 Å². The minimum Gasteiger partial charge on any atom is -0.346 e.